The number of aromatic amines is 1. The maximum absolute atomic E-state index is 15.1. The molecule has 0 saturated heterocycles. The van der Waals surface area contributed by atoms with E-state index in [1.807, 2.05) is 6.07 Å². The summed E-state index contributed by atoms with van der Waals surface area (Å²) in [6.07, 6.45) is 6.44. The highest BCUT2D eigenvalue weighted by Crippen LogP contribution is 2.46. The van der Waals surface area contributed by atoms with E-state index in [9.17, 15) is 18.2 Å². The molecule has 0 spiro atoms. The van der Waals surface area contributed by atoms with Crippen LogP contribution in [0, 0.1) is 11.6 Å². The number of aryl methyl sites for hydroxylation is 1. The van der Waals surface area contributed by atoms with E-state index in [0.29, 0.717) is 51.8 Å². The van der Waals surface area contributed by atoms with Crippen molar-refractivity contribution in [2.24, 2.45) is 7.05 Å². The van der Waals surface area contributed by atoms with E-state index in [1.165, 1.54) is 4.57 Å². The van der Waals surface area contributed by atoms with Crippen molar-refractivity contribution in [2.75, 3.05) is 17.7 Å². The number of aromatic nitrogens is 3. The molecule has 1 aromatic carbocycles. The summed E-state index contributed by atoms with van der Waals surface area (Å²) in [5, 5.41) is 3.13. The lowest BCUT2D eigenvalue weighted by atomic mass is 9.93. The zero-order chi connectivity index (χ0) is 25.3. The van der Waals surface area contributed by atoms with E-state index < -0.39 is 27.7 Å². The summed E-state index contributed by atoms with van der Waals surface area (Å²) in [4.78, 5) is 34.6. The monoisotopic (exact) mass is 509 g/mol. The van der Waals surface area contributed by atoms with Gasteiger partial charge in [-0.05, 0) is 29.7 Å². The number of carbonyl (C=O) groups is 1. The van der Waals surface area contributed by atoms with Crippen LogP contribution < -0.4 is 15.8 Å². The molecule has 8 nitrogen and oxygen atoms in total. The van der Waals surface area contributed by atoms with Gasteiger partial charge in [0.05, 0.1) is 23.7 Å². The fourth-order valence-corrected chi connectivity index (χ4v) is 6.23. The number of carbonyl (C=O) groups excluding carboxylic acids is 1. The third-order valence-electron chi connectivity index (χ3n) is 6.89. The van der Waals surface area contributed by atoms with Crippen molar-refractivity contribution in [3.8, 4) is 11.1 Å². The van der Waals surface area contributed by atoms with Gasteiger partial charge in [0.15, 0.2) is 11.6 Å². The van der Waals surface area contributed by atoms with Crippen LogP contribution in [0.15, 0.2) is 41.6 Å². The number of amides is 1. The highest BCUT2D eigenvalue weighted by molar-refractivity contribution is 7.84. The number of nitrogens with zero attached hydrogens (tertiary/aromatic N) is 3. The Morgan fingerprint density at radius 3 is 2.69 bits per heavy atom. The number of benzene rings is 1. The fraction of sp³-hybridized carbons (Fsp3) is 0.240. The van der Waals surface area contributed by atoms with Crippen molar-refractivity contribution in [1.82, 2.24) is 19.9 Å². The Morgan fingerprint density at radius 1 is 1.14 bits per heavy atom. The Kier molecular flexibility index (Phi) is 5.08. The van der Waals surface area contributed by atoms with Crippen molar-refractivity contribution in [1.29, 1.82) is 0 Å². The fourth-order valence-electron chi connectivity index (χ4n) is 5.23. The van der Waals surface area contributed by atoms with Gasteiger partial charge in [0.2, 0.25) is 0 Å². The van der Waals surface area contributed by atoms with Crippen molar-refractivity contribution in [3.05, 3.63) is 75.5 Å². The minimum atomic E-state index is -1.26. The summed E-state index contributed by atoms with van der Waals surface area (Å²) in [7, 11) is 0.383. The molecule has 2 unspecified atom stereocenters. The molecule has 1 amide bonds. The molecule has 5 heterocycles. The van der Waals surface area contributed by atoms with E-state index in [1.54, 1.807) is 36.7 Å². The molecular formula is C25H21F2N5O3S. The Morgan fingerprint density at radius 2 is 1.94 bits per heavy atom. The molecule has 11 heteroatoms. The lowest BCUT2D eigenvalue weighted by molar-refractivity contribution is 0.0956. The van der Waals surface area contributed by atoms with Crippen molar-refractivity contribution >= 4 is 39.1 Å². The second kappa shape index (κ2) is 8.09. The molecule has 3 aromatic heterocycles. The van der Waals surface area contributed by atoms with Crippen LogP contribution in [0.4, 0.5) is 20.3 Å². The van der Waals surface area contributed by atoms with Crippen molar-refractivity contribution in [3.63, 3.8) is 0 Å². The second-order valence-electron chi connectivity index (χ2n) is 9.06. The Labute approximate surface area is 206 Å². The molecule has 2 N–H and O–H groups in total. The van der Waals surface area contributed by atoms with Gasteiger partial charge in [-0.25, -0.2) is 13.8 Å². The topological polar surface area (TPSA) is 100 Å². The van der Waals surface area contributed by atoms with Crippen molar-refractivity contribution < 1.29 is 17.8 Å². The van der Waals surface area contributed by atoms with Gasteiger partial charge in [0.1, 0.15) is 11.3 Å². The van der Waals surface area contributed by atoms with Gasteiger partial charge in [-0.2, -0.15) is 0 Å². The largest absolute Gasteiger partial charge is 0.356 e. The molecule has 0 aliphatic carbocycles. The molecule has 4 aromatic rings. The third kappa shape index (κ3) is 3.29. The van der Waals surface area contributed by atoms with Crippen LogP contribution in [-0.4, -0.2) is 37.5 Å². The number of anilines is 2. The van der Waals surface area contributed by atoms with Crippen LogP contribution >= 0.6 is 0 Å². The van der Waals surface area contributed by atoms with Crippen LogP contribution in [0.25, 0.3) is 22.0 Å². The molecule has 2 atom stereocenters. The van der Waals surface area contributed by atoms with Crippen molar-refractivity contribution in [2.45, 2.75) is 18.2 Å². The smallest absolute Gasteiger partial charge is 0.274 e. The Balaban J connectivity index is 1.73. The lowest BCUT2D eigenvalue weighted by Gasteiger charge is -2.27. The number of H-pyrrole nitrogens is 1. The molecule has 6 rings (SSSR count). The van der Waals surface area contributed by atoms with E-state index in [2.05, 4.69) is 15.3 Å². The molecule has 0 saturated carbocycles. The van der Waals surface area contributed by atoms with Crippen LogP contribution in [0.1, 0.15) is 33.2 Å². The van der Waals surface area contributed by atoms with Gasteiger partial charge < -0.3 is 19.8 Å². The minimum absolute atomic E-state index is 0.115. The average molecular weight is 510 g/mol. The van der Waals surface area contributed by atoms with Gasteiger partial charge in [-0.3, -0.25) is 13.8 Å². The predicted molar refractivity (Wildman–Crippen MR) is 133 cm³/mol. The first-order valence-electron chi connectivity index (χ1n) is 11.3. The molecule has 2 aliphatic rings. The summed E-state index contributed by atoms with van der Waals surface area (Å²) >= 11 is 0. The number of fused-ring (bicyclic) bond motifs is 3. The van der Waals surface area contributed by atoms with Crippen LogP contribution in [0.2, 0.25) is 0 Å². The predicted octanol–water partition coefficient (Wildman–Crippen LogP) is 3.41. The number of halogens is 2. The van der Waals surface area contributed by atoms with Gasteiger partial charge in [0, 0.05) is 71.2 Å². The number of rotatable bonds is 2. The highest BCUT2D eigenvalue weighted by Gasteiger charge is 2.33. The van der Waals surface area contributed by atoms with Gasteiger partial charge in [0.25, 0.3) is 11.5 Å². The van der Waals surface area contributed by atoms with Crippen LogP contribution in [0.5, 0.6) is 0 Å². The van der Waals surface area contributed by atoms with Gasteiger partial charge >= 0.3 is 0 Å². The van der Waals surface area contributed by atoms with E-state index >= 15 is 4.39 Å². The number of hydrogen-bond acceptors (Lipinski definition) is 5. The summed E-state index contributed by atoms with van der Waals surface area (Å²) in [5.74, 6) is -2.10. The molecule has 184 valence electrons. The second-order valence-corrected chi connectivity index (χ2v) is 10.6. The lowest BCUT2D eigenvalue weighted by Crippen LogP contribution is -2.24. The number of hydrogen-bond donors (Lipinski definition) is 2. The first-order valence-corrected chi connectivity index (χ1v) is 12.9. The Hall–Kier alpha value is -3.86. The molecular weight excluding hydrogens is 488 g/mol. The summed E-state index contributed by atoms with van der Waals surface area (Å²) in [6, 6.07) is 4.23. The summed E-state index contributed by atoms with van der Waals surface area (Å²) < 4.78 is 42.9. The SMILES string of the molecule is Cn1cc2c3c(c[nH]c3c1=O)CN(c1ncc(F)cc1F)c1cc3c(cc1-2)C(S(C)=O)CCNC3=O. The van der Waals surface area contributed by atoms with Crippen LogP contribution in [0.3, 0.4) is 0 Å². The first-order chi connectivity index (χ1) is 17.2. The standard InChI is InChI=1S/C25H21F2N5O3S/c1-31-11-17-14-6-15-16(24(33)28-4-3-20(15)36(2)35)7-19(14)32(23-18(27)5-13(26)9-30-23)10-12-8-29-22(21(12)17)25(31)34/h5-9,11,20,29H,3-4,10H2,1-2H3,(H,28,33). The minimum Gasteiger partial charge on any atom is -0.356 e. The zero-order valence-corrected chi connectivity index (χ0v) is 20.2. The van der Waals surface area contributed by atoms with E-state index in [0.717, 1.165) is 17.8 Å². The number of nitrogens with one attached hydrogen (secondary N) is 2. The molecule has 0 bridgehead atoms. The van der Waals surface area contributed by atoms with Gasteiger partial charge in [-0.1, -0.05) is 0 Å². The van der Waals surface area contributed by atoms with Crippen LogP contribution in [-0.2, 0) is 24.4 Å². The van der Waals surface area contributed by atoms with E-state index in [-0.39, 0.29) is 23.8 Å². The zero-order valence-electron chi connectivity index (χ0n) is 19.4. The van der Waals surface area contributed by atoms with E-state index in [4.69, 9.17) is 0 Å². The summed E-state index contributed by atoms with van der Waals surface area (Å²) in [6.45, 7) is 0.485. The number of pyridine rings is 2. The van der Waals surface area contributed by atoms with Gasteiger partial charge in [-0.15, -0.1) is 0 Å². The maximum atomic E-state index is 15.1. The molecule has 0 radical (unpaired) electrons. The first kappa shape index (κ1) is 22.6. The average Bonchev–Trinajstić information content (AvgIpc) is 3.12. The molecule has 36 heavy (non-hydrogen) atoms. The maximum Gasteiger partial charge on any atom is 0.274 e. The highest BCUT2D eigenvalue weighted by atomic mass is 32.2. The summed E-state index contributed by atoms with van der Waals surface area (Å²) in [5.41, 5.74) is 3.66. The quantitative estimate of drug-likeness (QED) is 0.432. The Bertz CT molecular complexity index is 1680. The molecule has 0 fully saturated rings. The third-order valence-corrected chi connectivity index (χ3v) is 8.18. The molecule has 2 aliphatic heterocycles. The normalized spacial score (nSPS) is 17.7.